The quantitative estimate of drug-likeness (QED) is 0.693. The number of carbonyl (C=O) groups is 2. The Bertz CT molecular complexity index is 327. The van der Waals surface area contributed by atoms with Crippen LogP contribution in [-0.4, -0.2) is 62.4 Å². The van der Waals surface area contributed by atoms with Crippen molar-refractivity contribution in [2.75, 3.05) is 33.4 Å². The predicted molar refractivity (Wildman–Crippen MR) is 66.5 cm³/mol. The van der Waals surface area contributed by atoms with Crippen molar-refractivity contribution in [1.29, 1.82) is 0 Å². The molecule has 0 bridgehead atoms. The Kier molecular flexibility index (Phi) is 5.15. The van der Waals surface area contributed by atoms with Crippen LogP contribution >= 0.6 is 0 Å². The van der Waals surface area contributed by atoms with Crippen LogP contribution in [0.4, 0.5) is 0 Å². The summed E-state index contributed by atoms with van der Waals surface area (Å²) in [5, 5.41) is 0. The van der Waals surface area contributed by atoms with Crippen LogP contribution < -0.4 is 0 Å². The Balaban J connectivity index is 1.85. The molecule has 0 saturated carbocycles. The molecular weight excluding hydrogens is 250 g/mol. The minimum absolute atomic E-state index is 0.0258. The van der Waals surface area contributed by atoms with E-state index in [1.165, 1.54) is 7.11 Å². The van der Waals surface area contributed by atoms with Gasteiger partial charge in [-0.15, -0.1) is 0 Å². The Hall–Kier alpha value is -1.14. The van der Waals surface area contributed by atoms with E-state index in [2.05, 4.69) is 4.74 Å². The molecule has 0 radical (unpaired) electrons. The maximum absolute atomic E-state index is 12.3. The van der Waals surface area contributed by atoms with E-state index in [4.69, 9.17) is 9.47 Å². The molecule has 1 amide bonds. The lowest BCUT2D eigenvalue weighted by Crippen LogP contribution is -2.50. The highest BCUT2D eigenvalue weighted by Gasteiger charge is 2.31. The minimum atomic E-state index is -0.314. The van der Waals surface area contributed by atoms with E-state index in [-0.39, 0.29) is 30.5 Å². The van der Waals surface area contributed by atoms with Crippen molar-refractivity contribution in [3.8, 4) is 0 Å². The number of carbonyl (C=O) groups excluding carboxylic acids is 2. The highest BCUT2D eigenvalue weighted by molar-refractivity contribution is 5.81. The van der Waals surface area contributed by atoms with E-state index in [0.29, 0.717) is 26.3 Å². The molecule has 2 aliphatic rings. The maximum atomic E-state index is 12.3. The molecule has 0 aromatic carbocycles. The average molecular weight is 271 g/mol. The third-order valence-electron chi connectivity index (χ3n) is 3.53. The van der Waals surface area contributed by atoms with E-state index in [9.17, 15) is 9.59 Å². The van der Waals surface area contributed by atoms with E-state index in [0.717, 1.165) is 19.3 Å². The summed E-state index contributed by atoms with van der Waals surface area (Å²) in [6, 6.07) is 0. The first kappa shape index (κ1) is 14.3. The van der Waals surface area contributed by atoms with Gasteiger partial charge < -0.3 is 19.1 Å². The van der Waals surface area contributed by atoms with Gasteiger partial charge in [0.15, 0.2) is 0 Å². The number of hydrogen-bond acceptors (Lipinski definition) is 5. The third-order valence-corrected chi connectivity index (χ3v) is 3.53. The van der Waals surface area contributed by atoms with Gasteiger partial charge in [0.2, 0.25) is 0 Å². The first-order valence-corrected chi connectivity index (χ1v) is 6.79. The minimum Gasteiger partial charge on any atom is -0.469 e. The van der Waals surface area contributed by atoms with Gasteiger partial charge in [-0.2, -0.15) is 0 Å². The van der Waals surface area contributed by atoms with Gasteiger partial charge in [-0.3, -0.25) is 9.59 Å². The van der Waals surface area contributed by atoms with Gasteiger partial charge in [-0.1, -0.05) is 0 Å². The Morgan fingerprint density at radius 3 is 2.79 bits per heavy atom. The van der Waals surface area contributed by atoms with Gasteiger partial charge >= 0.3 is 5.97 Å². The van der Waals surface area contributed by atoms with Crippen LogP contribution in [0.3, 0.4) is 0 Å². The second-order valence-corrected chi connectivity index (χ2v) is 4.91. The summed E-state index contributed by atoms with van der Waals surface area (Å²) in [6.07, 6.45) is 2.45. The van der Waals surface area contributed by atoms with Crippen molar-refractivity contribution in [3.63, 3.8) is 0 Å². The second-order valence-electron chi connectivity index (χ2n) is 4.91. The molecule has 0 aliphatic carbocycles. The number of rotatable bonds is 3. The standard InChI is InChI=1S/C13H21NO5/c1-17-12(15)8-10-9-14(5-7-18-10)13(16)11-4-2-3-6-19-11/h10-11H,2-9H2,1H3. The summed E-state index contributed by atoms with van der Waals surface area (Å²) in [5.41, 5.74) is 0. The van der Waals surface area contributed by atoms with Crippen molar-refractivity contribution in [3.05, 3.63) is 0 Å². The van der Waals surface area contributed by atoms with Crippen molar-refractivity contribution in [2.45, 2.75) is 37.9 Å². The molecule has 2 atom stereocenters. The van der Waals surface area contributed by atoms with Crippen LogP contribution in [0.1, 0.15) is 25.7 Å². The molecule has 108 valence electrons. The second kappa shape index (κ2) is 6.86. The largest absolute Gasteiger partial charge is 0.469 e. The molecule has 6 nitrogen and oxygen atoms in total. The number of hydrogen-bond donors (Lipinski definition) is 0. The van der Waals surface area contributed by atoms with Gasteiger partial charge in [-0.05, 0) is 19.3 Å². The normalized spacial score (nSPS) is 27.9. The van der Waals surface area contributed by atoms with Crippen molar-refractivity contribution < 1.29 is 23.8 Å². The molecule has 2 rings (SSSR count). The van der Waals surface area contributed by atoms with Gasteiger partial charge in [0.25, 0.3) is 5.91 Å². The number of morpholine rings is 1. The summed E-state index contributed by atoms with van der Waals surface area (Å²) in [6.45, 7) is 2.12. The lowest BCUT2D eigenvalue weighted by Gasteiger charge is -2.35. The molecule has 0 N–H and O–H groups in total. The van der Waals surface area contributed by atoms with Crippen molar-refractivity contribution >= 4 is 11.9 Å². The van der Waals surface area contributed by atoms with Crippen molar-refractivity contribution in [2.24, 2.45) is 0 Å². The topological polar surface area (TPSA) is 65.1 Å². The first-order chi connectivity index (χ1) is 9.20. The summed E-state index contributed by atoms with van der Waals surface area (Å²) in [4.78, 5) is 25.3. The SMILES string of the molecule is COC(=O)CC1CN(C(=O)C2CCCCO2)CCO1. The smallest absolute Gasteiger partial charge is 0.308 e. The molecule has 2 unspecified atom stereocenters. The number of methoxy groups -OCH3 is 1. The summed E-state index contributed by atoms with van der Waals surface area (Å²) in [7, 11) is 1.35. The summed E-state index contributed by atoms with van der Waals surface area (Å²) in [5.74, 6) is -0.286. The lowest BCUT2D eigenvalue weighted by atomic mass is 10.1. The number of esters is 1. The fourth-order valence-corrected chi connectivity index (χ4v) is 2.45. The zero-order valence-electron chi connectivity index (χ0n) is 11.3. The van der Waals surface area contributed by atoms with Crippen LogP contribution in [0.15, 0.2) is 0 Å². The molecule has 19 heavy (non-hydrogen) atoms. The Labute approximate surface area is 113 Å². The Morgan fingerprint density at radius 1 is 1.26 bits per heavy atom. The molecule has 2 fully saturated rings. The molecule has 6 heteroatoms. The molecule has 2 aliphatic heterocycles. The average Bonchev–Trinajstić information content (AvgIpc) is 2.47. The molecule has 0 spiro atoms. The summed E-state index contributed by atoms with van der Waals surface area (Å²) >= 11 is 0. The van der Waals surface area contributed by atoms with Crippen molar-refractivity contribution in [1.82, 2.24) is 4.90 Å². The van der Waals surface area contributed by atoms with Gasteiger partial charge in [0.05, 0.1) is 26.2 Å². The zero-order valence-corrected chi connectivity index (χ0v) is 11.3. The van der Waals surface area contributed by atoms with Crippen LogP contribution in [-0.2, 0) is 23.8 Å². The van der Waals surface area contributed by atoms with E-state index in [1.54, 1.807) is 4.90 Å². The van der Waals surface area contributed by atoms with Gasteiger partial charge in [0, 0.05) is 19.7 Å². The molecule has 2 heterocycles. The maximum Gasteiger partial charge on any atom is 0.308 e. The predicted octanol–water partition coefficient (Wildman–Crippen LogP) is 0.346. The van der Waals surface area contributed by atoms with E-state index >= 15 is 0 Å². The Morgan fingerprint density at radius 2 is 2.11 bits per heavy atom. The molecule has 0 aromatic heterocycles. The van der Waals surface area contributed by atoms with E-state index < -0.39 is 0 Å². The zero-order chi connectivity index (χ0) is 13.7. The number of amides is 1. The lowest BCUT2D eigenvalue weighted by molar-refractivity contribution is -0.157. The van der Waals surface area contributed by atoms with E-state index in [1.807, 2.05) is 0 Å². The van der Waals surface area contributed by atoms with Crippen LogP contribution in [0.25, 0.3) is 0 Å². The highest BCUT2D eigenvalue weighted by atomic mass is 16.5. The van der Waals surface area contributed by atoms with Crippen LogP contribution in [0.5, 0.6) is 0 Å². The third kappa shape index (κ3) is 3.91. The van der Waals surface area contributed by atoms with Gasteiger partial charge in [-0.25, -0.2) is 0 Å². The van der Waals surface area contributed by atoms with Crippen LogP contribution in [0, 0.1) is 0 Å². The molecular formula is C13H21NO5. The number of ether oxygens (including phenoxy) is 3. The highest BCUT2D eigenvalue weighted by Crippen LogP contribution is 2.17. The van der Waals surface area contributed by atoms with Gasteiger partial charge in [0.1, 0.15) is 6.10 Å². The fourth-order valence-electron chi connectivity index (χ4n) is 2.45. The fraction of sp³-hybridized carbons (Fsp3) is 0.846. The number of nitrogens with zero attached hydrogens (tertiary/aromatic N) is 1. The monoisotopic (exact) mass is 271 g/mol. The summed E-state index contributed by atoms with van der Waals surface area (Å²) < 4.78 is 15.6. The molecule has 2 saturated heterocycles. The first-order valence-electron chi connectivity index (χ1n) is 6.79. The molecule has 0 aromatic rings. The van der Waals surface area contributed by atoms with Crippen LogP contribution in [0.2, 0.25) is 0 Å².